The monoisotopic (exact) mass is 273 g/mol. The molecule has 1 amide bonds. The molecule has 0 saturated heterocycles. The van der Waals surface area contributed by atoms with Crippen LogP contribution in [-0.2, 0) is 9.59 Å². The van der Waals surface area contributed by atoms with E-state index >= 15 is 0 Å². The maximum absolute atomic E-state index is 11.7. The highest BCUT2D eigenvalue weighted by molar-refractivity contribution is 5.92. The van der Waals surface area contributed by atoms with Gasteiger partial charge in [0.2, 0.25) is 5.91 Å². The standard InChI is InChI=1S/C15H15NO4/c17-13-6-1-10(2-7-13)3-8-14(18)16-12-5-4-11(9-12)15(19)20/h1-8,11-12,17H,9H2,(H,16,18)(H,19,20). The summed E-state index contributed by atoms with van der Waals surface area (Å²) in [6.45, 7) is 0. The van der Waals surface area contributed by atoms with E-state index in [9.17, 15) is 9.59 Å². The summed E-state index contributed by atoms with van der Waals surface area (Å²) in [6, 6.07) is 6.21. The van der Waals surface area contributed by atoms with Crippen molar-refractivity contribution >= 4 is 18.0 Å². The molecule has 20 heavy (non-hydrogen) atoms. The van der Waals surface area contributed by atoms with Gasteiger partial charge in [-0.1, -0.05) is 24.3 Å². The van der Waals surface area contributed by atoms with Gasteiger partial charge in [-0.05, 0) is 30.2 Å². The summed E-state index contributed by atoms with van der Waals surface area (Å²) in [4.78, 5) is 22.5. The minimum Gasteiger partial charge on any atom is -0.508 e. The van der Waals surface area contributed by atoms with Gasteiger partial charge in [0.05, 0.1) is 5.92 Å². The Bertz CT molecular complexity index is 560. The second-order valence-electron chi connectivity index (χ2n) is 4.61. The van der Waals surface area contributed by atoms with Crippen molar-refractivity contribution in [3.63, 3.8) is 0 Å². The summed E-state index contributed by atoms with van der Waals surface area (Å²) in [5.41, 5.74) is 0.795. The van der Waals surface area contributed by atoms with E-state index in [0.29, 0.717) is 6.42 Å². The summed E-state index contributed by atoms with van der Waals surface area (Å²) >= 11 is 0. The van der Waals surface area contributed by atoms with Crippen molar-refractivity contribution < 1.29 is 19.8 Å². The number of carboxylic acid groups (broad SMARTS) is 1. The number of aliphatic carboxylic acids is 1. The smallest absolute Gasteiger partial charge is 0.310 e. The number of benzene rings is 1. The topological polar surface area (TPSA) is 86.6 Å². The van der Waals surface area contributed by atoms with Gasteiger partial charge in [0.25, 0.3) is 0 Å². The minimum absolute atomic E-state index is 0.169. The Morgan fingerprint density at radius 1 is 1.20 bits per heavy atom. The van der Waals surface area contributed by atoms with Crippen LogP contribution in [0.4, 0.5) is 0 Å². The van der Waals surface area contributed by atoms with E-state index in [1.54, 1.807) is 30.4 Å². The molecule has 0 aromatic heterocycles. The van der Waals surface area contributed by atoms with Crippen LogP contribution >= 0.6 is 0 Å². The molecule has 104 valence electrons. The molecule has 0 bridgehead atoms. The zero-order valence-corrected chi connectivity index (χ0v) is 10.7. The number of carbonyl (C=O) groups is 2. The Morgan fingerprint density at radius 3 is 2.50 bits per heavy atom. The zero-order chi connectivity index (χ0) is 14.5. The number of carboxylic acids is 1. The van der Waals surface area contributed by atoms with Crippen LogP contribution in [0.2, 0.25) is 0 Å². The van der Waals surface area contributed by atoms with E-state index in [1.807, 2.05) is 0 Å². The van der Waals surface area contributed by atoms with Crippen LogP contribution < -0.4 is 5.32 Å². The van der Waals surface area contributed by atoms with Gasteiger partial charge in [0.1, 0.15) is 5.75 Å². The lowest BCUT2D eigenvalue weighted by Crippen LogP contribution is -2.31. The van der Waals surface area contributed by atoms with E-state index in [4.69, 9.17) is 10.2 Å². The summed E-state index contributed by atoms with van der Waals surface area (Å²) in [7, 11) is 0. The van der Waals surface area contributed by atoms with Gasteiger partial charge < -0.3 is 15.5 Å². The number of carbonyl (C=O) groups excluding carboxylic acids is 1. The fraction of sp³-hybridized carbons (Fsp3) is 0.200. The highest BCUT2D eigenvalue weighted by Gasteiger charge is 2.24. The molecular weight excluding hydrogens is 258 g/mol. The molecule has 5 nitrogen and oxygen atoms in total. The van der Waals surface area contributed by atoms with Crippen molar-refractivity contribution in [2.45, 2.75) is 12.5 Å². The van der Waals surface area contributed by atoms with Crippen molar-refractivity contribution in [1.29, 1.82) is 0 Å². The van der Waals surface area contributed by atoms with Gasteiger partial charge in [-0.15, -0.1) is 0 Å². The maximum atomic E-state index is 11.7. The quantitative estimate of drug-likeness (QED) is 0.574. The summed E-state index contributed by atoms with van der Waals surface area (Å²) in [6.07, 6.45) is 6.69. The van der Waals surface area contributed by atoms with Crippen LogP contribution in [0.15, 0.2) is 42.5 Å². The van der Waals surface area contributed by atoms with Crippen molar-refractivity contribution in [2.75, 3.05) is 0 Å². The molecule has 0 fully saturated rings. The first-order valence-corrected chi connectivity index (χ1v) is 6.23. The molecule has 0 heterocycles. The Hall–Kier alpha value is -2.56. The number of rotatable bonds is 4. The third-order valence-corrected chi connectivity index (χ3v) is 3.05. The van der Waals surface area contributed by atoms with Gasteiger partial charge in [-0.25, -0.2) is 0 Å². The normalized spacial score (nSPS) is 21.2. The fourth-order valence-corrected chi connectivity index (χ4v) is 1.98. The average Bonchev–Trinajstić information content (AvgIpc) is 2.87. The predicted octanol–water partition coefficient (Wildman–Crippen LogP) is 1.55. The summed E-state index contributed by atoms with van der Waals surface area (Å²) in [5, 5.41) is 20.7. The maximum Gasteiger partial charge on any atom is 0.310 e. The van der Waals surface area contributed by atoms with E-state index in [1.165, 1.54) is 18.2 Å². The van der Waals surface area contributed by atoms with Crippen molar-refractivity contribution in [1.82, 2.24) is 5.32 Å². The summed E-state index contributed by atoms with van der Waals surface area (Å²) in [5.74, 6) is -1.51. The largest absolute Gasteiger partial charge is 0.508 e. The Labute approximate surface area is 116 Å². The number of nitrogens with one attached hydrogen (secondary N) is 1. The summed E-state index contributed by atoms with van der Waals surface area (Å²) < 4.78 is 0. The Balaban J connectivity index is 1.86. The SMILES string of the molecule is O=C(C=Cc1ccc(O)cc1)NC1C=CC(C(=O)O)C1. The number of hydrogen-bond acceptors (Lipinski definition) is 3. The molecule has 3 N–H and O–H groups in total. The minimum atomic E-state index is -0.877. The van der Waals surface area contributed by atoms with Crippen LogP contribution in [0.3, 0.4) is 0 Å². The third-order valence-electron chi connectivity index (χ3n) is 3.05. The number of phenolic OH excluding ortho intramolecular Hbond substituents is 1. The van der Waals surface area contributed by atoms with Crippen LogP contribution in [0.25, 0.3) is 6.08 Å². The molecule has 1 aliphatic rings. The van der Waals surface area contributed by atoms with Crippen molar-refractivity contribution in [2.24, 2.45) is 5.92 Å². The fourth-order valence-electron chi connectivity index (χ4n) is 1.98. The molecule has 5 heteroatoms. The first kappa shape index (κ1) is 13.9. The van der Waals surface area contributed by atoms with Crippen LogP contribution in [0, 0.1) is 5.92 Å². The molecule has 2 atom stereocenters. The average molecular weight is 273 g/mol. The van der Waals surface area contributed by atoms with Gasteiger partial charge in [0.15, 0.2) is 0 Å². The molecule has 2 rings (SSSR count). The van der Waals surface area contributed by atoms with Crippen LogP contribution in [0.5, 0.6) is 5.75 Å². The first-order valence-electron chi connectivity index (χ1n) is 6.23. The van der Waals surface area contributed by atoms with Gasteiger partial charge in [-0.3, -0.25) is 9.59 Å². The lowest BCUT2D eigenvalue weighted by atomic mass is 10.1. The van der Waals surface area contributed by atoms with Crippen LogP contribution in [-0.4, -0.2) is 28.1 Å². The number of hydrogen-bond donors (Lipinski definition) is 3. The zero-order valence-electron chi connectivity index (χ0n) is 10.7. The molecule has 0 spiro atoms. The van der Waals surface area contributed by atoms with Crippen molar-refractivity contribution in [3.05, 3.63) is 48.1 Å². The first-order chi connectivity index (χ1) is 9.54. The van der Waals surface area contributed by atoms with Gasteiger partial charge in [-0.2, -0.15) is 0 Å². The molecule has 1 aliphatic carbocycles. The molecular formula is C15H15NO4. The molecule has 0 aliphatic heterocycles. The predicted molar refractivity (Wildman–Crippen MR) is 74.0 cm³/mol. The van der Waals surface area contributed by atoms with Crippen molar-refractivity contribution in [3.8, 4) is 5.75 Å². The van der Waals surface area contributed by atoms with Gasteiger partial charge in [0, 0.05) is 12.1 Å². The van der Waals surface area contributed by atoms with E-state index in [0.717, 1.165) is 5.56 Å². The number of amides is 1. The number of phenols is 1. The Kier molecular flexibility index (Phi) is 4.20. The van der Waals surface area contributed by atoms with Gasteiger partial charge >= 0.3 is 5.97 Å². The third kappa shape index (κ3) is 3.71. The lowest BCUT2D eigenvalue weighted by molar-refractivity contribution is -0.140. The van der Waals surface area contributed by atoms with E-state index < -0.39 is 11.9 Å². The molecule has 1 aromatic rings. The second kappa shape index (κ2) is 6.06. The highest BCUT2D eigenvalue weighted by Crippen LogP contribution is 2.18. The van der Waals surface area contributed by atoms with Crippen LogP contribution in [0.1, 0.15) is 12.0 Å². The number of aromatic hydroxyl groups is 1. The second-order valence-corrected chi connectivity index (χ2v) is 4.61. The molecule has 2 unspecified atom stereocenters. The molecule has 1 aromatic carbocycles. The van der Waals surface area contributed by atoms with E-state index in [2.05, 4.69) is 5.32 Å². The highest BCUT2D eigenvalue weighted by atomic mass is 16.4. The lowest BCUT2D eigenvalue weighted by Gasteiger charge is -2.10. The Morgan fingerprint density at radius 2 is 1.90 bits per heavy atom. The molecule has 0 saturated carbocycles. The molecule has 0 radical (unpaired) electrons. The van der Waals surface area contributed by atoms with E-state index in [-0.39, 0.29) is 17.7 Å².